The van der Waals surface area contributed by atoms with E-state index >= 15 is 0 Å². The molecule has 1 aromatic rings. The van der Waals surface area contributed by atoms with Crippen molar-refractivity contribution in [1.29, 1.82) is 5.26 Å². The Bertz CT molecular complexity index is 647. The van der Waals surface area contributed by atoms with Crippen molar-refractivity contribution in [2.45, 2.75) is 13.0 Å². The number of carbonyl (C=O) groups excluding carboxylic acids is 1. The number of nitrogens with zero attached hydrogens (tertiary/aromatic N) is 4. The van der Waals surface area contributed by atoms with Crippen LogP contribution in [0.2, 0.25) is 0 Å². The fourth-order valence-corrected chi connectivity index (χ4v) is 1.39. The smallest absolute Gasteiger partial charge is 0.247 e. The van der Waals surface area contributed by atoms with Gasteiger partial charge in [0.15, 0.2) is 10.9 Å². The van der Waals surface area contributed by atoms with E-state index in [4.69, 9.17) is 15.7 Å². The molecule has 0 fully saturated rings. The van der Waals surface area contributed by atoms with Crippen LogP contribution in [-0.2, 0) is 4.74 Å². The average molecular weight is 318 g/mol. The molecule has 1 rings (SSSR count). The lowest BCUT2D eigenvalue weighted by atomic mass is 10.1. The van der Waals surface area contributed by atoms with Crippen LogP contribution in [0.3, 0.4) is 0 Å². The van der Waals surface area contributed by atoms with Gasteiger partial charge in [-0.25, -0.2) is 0 Å². The second-order valence-electron chi connectivity index (χ2n) is 3.98. The summed E-state index contributed by atoms with van der Waals surface area (Å²) in [7, 11) is 1.33. The highest BCUT2D eigenvalue weighted by Crippen LogP contribution is 2.14. The summed E-state index contributed by atoms with van der Waals surface area (Å²) in [5.41, 5.74) is 8.60. The summed E-state index contributed by atoms with van der Waals surface area (Å²) in [6.07, 6.45) is 0. The van der Waals surface area contributed by atoms with Gasteiger partial charge in [0, 0.05) is 5.56 Å². The summed E-state index contributed by atoms with van der Waals surface area (Å²) in [5.74, 6) is -0.0737. The number of hydrogen-bond donors (Lipinski definition) is 2. The number of hydrazone groups is 1. The highest BCUT2D eigenvalue weighted by atomic mass is 32.1. The molecule has 3 N–H and O–H groups in total. The zero-order chi connectivity index (χ0) is 16.5. The van der Waals surface area contributed by atoms with Crippen LogP contribution in [0.25, 0.3) is 0 Å². The first-order valence-electron chi connectivity index (χ1n) is 6.06. The highest BCUT2D eigenvalue weighted by Gasteiger charge is 2.15. The Balaban J connectivity index is 2.88. The Morgan fingerprint density at radius 2 is 2.09 bits per heavy atom. The van der Waals surface area contributed by atoms with E-state index in [1.165, 1.54) is 14.0 Å². The number of hydrogen-bond acceptors (Lipinski definition) is 7. The molecule has 1 aromatic carbocycles. The van der Waals surface area contributed by atoms with Gasteiger partial charge in [-0.2, -0.15) is 15.5 Å². The van der Waals surface area contributed by atoms with Crippen LogP contribution < -0.4 is 11.2 Å². The minimum absolute atomic E-state index is 0.0283. The molecule has 0 saturated carbocycles. The lowest BCUT2D eigenvalue weighted by Gasteiger charge is -2.06. The maximum Gasteiger partial charge on any atom is 0.247 e. The molecule has 0 amide bonds. The van der Waals surface area contributed by atoms with Crippen LogP contribution >= 0.6 is 12.2 Å². The molecule has 0 spiro atoms. The number of Topliss-reactive ketones (excluding diaryl/α,β-unsaturated/α-hetero) is 1. The van der Waals surface area contributed by atoms with E-state index in [0.29, 0.717) is 11.3 Å². The van der Waals surface area contributed by atoms with Gasteiger partial charge in [-0.05, 0) is 43.4 Å². The van der Waals surface area contributed by atoms with Gasteiger partial charge >= 0.3 is 0 Å². The summed E-state index contributed by atoms with van der Waals surface area (Å²) in [5, 5.41) is 20.5. The summed E-state index contributed by atoms with van der Waals surface area (Å²) in [6.45, 7) is 1.47. The third-order valence-electron chi connectivity index (χ3n) is 2.40. The molecule has 1 unspecified atom stereocenters. The highest BCUT2D eigenvalue weighted by molar-refractivity contribution is 7.80. The molecule has 0 saturated heterocycles. The van der Waals surface area contributed by atoms with E-state index in [9.17, 15) is 4.79 Å². The number of nitriles is 1. The number of ether oxygens (including phenoxy) is 1. The zero-order valence-corrected chi connectivity index (χ0v) is 12.8. The van der Waals surface area contributed by atoms with Gasteiger partial charge < -0.3 is 10.5 Å². The third-order valence-corrected chi connectivity index (χ3v) is 2.50. The average Bonchev–Trinajstić information content (AvgIpc) is 2.50. The minimum atomic E-state index is -1.06. The maximum atomic E-state index is 11.2. The Morgan fingerprint density at radius 1 is 1.45 bits per heavy atom. The number of thiocarbonyl (C=S) groups is 1. The molecule has 0 aromatic heterocycles. The number of benzene rings is 1. The van der Waals surface area contributed by atoms with Gasteiger partial charge in [-0.15, -0.1) is 5.10 Å². The molecule has 114 valence electrons. The fourth-order valence-electron chi connectivity index (χ4n) is 1.35. The monoisotopic (exact) mass is 318 g/mol. The number of ketones is 1. The van der Waals surface area contributed by atoms with Gasteiger partial charge in [0.2, 0.25) is 11.9 Å². The topological polar surface area (TPSA) is 125 Å². The number of rotatable bonds is 5. The summed E-state index contributed by atoms with van der Waals surface area (Å²) >= 11 is 4.60. The van der Waals surface area contributed by atoms with E-state index in [1.807, 2.05) is 6.07 Å². The molecule has 9 heteroatoms. The van der Waals surface area contributed by atoms with E-state index < -0.39 is 6.04 Å². The van der Waals surface area contributed by atoms with E-state index in [0.717, 1.165) is 0 Å². The van der Waals surface area contributed by atoms with Crippen LogP contribution in [0, 0.1) is 11.3 Å². The Hall–Kier alpha value is -2.86. The molecular weight excluding hydrogens is 304 g/mol. The molecule has 0 bridgehead atoms. The zero-order valence-electron chi connectivity index (χ0n) is 12.0. The molecule has 0 radical (unpaired) electrons. The largest absolute Gasteiger partial charge is 0.481 e. The van der Waals surface area contributed by atoms with Crippen molar-refractivity contribution in [2.24, 2.45) is 21.1 Å². The van der Waals surface area contributed by atoms with Crippen molar-refractivity contribution in [3.05, 3.63) is 29.8 Å². The molecule has 22 heavy (non-hydrogen) atoms. The van der Waals surface area contributed by atoms with Crippen LogP contribution in [0.1, 0.15) is 17.3 Å². The van der Waals surface area contributed by atoms with Crippen molar-refractivity contribution in [2.75, 3.05) is 7.11 Å². The van der Waals surface area contributed by atoms with Crippen LogP contribution in [0.15, 0.2) is 39.6 Å². The molecule has 8 nitrogen and oxygen atoms in total. The quantitative estimate of drug-likeness (QED) is 0.212. The van der Waals surface area contributed by atoms with E-state index in [2.05, 4.69) is 33.0 Å². The van der Waals surface area contributed by atoms with Crippen molar-refractivity contribution < 1.29 is 9.53 Å². The standard InChI is InChI=1S/C13H14N6O2S/c1-8(20)9-3-5-10(6-4-9)16-17-11(7-14)12(21-2)18-19-13(15)22/h3-6,11H,1-2H3,(H3,15,19,22)/b17-16?,18-12-. The summed E-state index contributed by atoms with van der Waals surface area (Å²) in [4.78, 5) is 11.2. The second kappa shape index (κ2) is 8.43. The van der Waals surface area contributed by atoms with Gasteiger partial charge in [0.05, 0.1) is 12.8 Å². The summed E-state index contributed by atoms with van der Waals surface area (Å²) < 4.78 is 4.94. The lowest BCUT2D eigenvalue weighted by molar-refractivity contribution is 0.101. The number of nitrogens with one attached hydrogen (secondary N) is 1. The van der Waals surface area contributed by atoms with Gasteiger partial charge in [0.25, 0.3) is 0 Å². The van der Waals surface area contributed by atoms with Crippen LogP contribution in [0.5, 0.6) is 0 Å². The van der Waals surface area contributed by atoms with Gasteiger partial charge in [0.1, 0.15) is 6.07 Å². The molecule has 1 atom stereocenters. The predicted octanol–water partition coefficient (Wildman–Crippen LogP) is 1.66. The third kappa shape index (κ3) is 5.26. The summed E-state index contributed by atoms with van der Waals surface area (Å²) in [6, 6.07) is 7.30. The first-order chi connectivity index (χ1) is 10.5. The van der Waals surface area contributed by atoms with Gasteiger partial charge in [-0.3, -0.25) is 10.2 Å². The Kier molecular flexibility index (Phi) is 6.59. The van der Waals surface area contributed by atoms with Crippen molar-refractivity contribution in [3.8, 4) is 6.07 Å². The van der Waals surface area contributed by atoms with Crippen molar-refractivity contribution in [3.63, 3.8) is 0 Å². The van der Waals surface area contributed by atoms with Crippen LogP contribution in [0.4, 0.5) is 5.69 Å². The normalized spacial score (nSPS) is 12.5. The minimum Gasteiger partial charge on any atom is -0.481 e. The fraction of sp³-hybridized carbons (Fsp3) is 0.231. The first-order valence-corrected chi connectivity index (χ1v) is 6.47. The molecule has 0 heterocycles. The number of nitrogens with two attached hydrogens (primary N) is 1. The van der Waals surface area contributed by atoms with E-state index in [1.54, 1.807) is 24.3 Å². The van der Waals surface area contributed by atoms with Crippen molar-refractivity contribution >= 4 is 34.7 Å². The van der Waals surface area contributed by atoms with Crippen LogP contribution in [-0.4, -0.2) is 29.9 Å². The van der Waals surface area contributed by atoms with Crippen molar-refractivity contribution in [1.82, 2.24) is 5.43 Å². The SMILES string of the molecule is CO/C(=N\NC(N)=S)C(C#N)N=Nc1ccc(C(C)=O)cc1. The molecule has 0 aliphatic heterocycles. The Labute approximate surface area is 132 Å². The van der Waals surface area contributed by atoms with Gasteiger partial charge in [-0.1, -0.05) is 0 Å². The number of methoxy groups -OCH3 is 1. The number of carbonyl (C=O) groups is 1. The molecule has 0 aliphatic carbocycles. The predicted molar refractivity (Wildman–Crippen MR) is 84.7 cm³/mol. The Morgan fingerprint density at radius 3 is 2.55 bits per heavy atom. The first kappa shape index (κ1) is 17.2. The second-order valence-corrected chi connectivity index (χ2v) is 4.42. The van der Waals surface area contributed by atoms with E-state index in [-0.39, 0.29) is 16.8 Å². The number of azo groups is 1. The maximum absolute atomic E-state index is 11.2. The molecular formula is C13H14N6O2S. The molecule has 0 aliphatic rings. The lowest BCUT2D eigenvalue weighted by Crippen LogP contribution is -2.29.